The van der Waals surface area contributed by atoms with Gasteiger partial charge in [0.05, 0.1) is 10.5 Å². The summed E-state index contributed by atoms with van der Waals surface area (Å²) in [4.78, 5) is 40.8. The largest absolute Gasteiger partial charge is 0.351 e. The van der Waals surface area contributed by atoms with E-state index in [4.69, 9.17) is 5.73 Å². The van der Waals surface area contributed by atoms with E-state index in [2.05, 4.69) is 29.4 Å². The monoisotopic (exact) mass is 581 g/mol. The van der Waals surface area contributed by atoms with Crippen LogP contribution in [0.15, 0.2) is 53.4 Å². The molecule has 0 radical (unpaired) electrons. The van der Waals surface area contributed by atoms with E-state index in [1.165, 1.54) is 39.9 Å². The molecule has 1 aromatic heterocycles. The van der Waals surface area contributed by atoms with Gasteiger partial charge in [0.25, 0.3) is 11.8 Å². The fourth-order valence-corrected chi connectivity index (χ4v) is 7.83. The molecule has 4 amide bonds. The number of rotatable bonds is 6. The molecule has 210 valence electrons. The molecular weight excluding hydrogens is 550 g/mol. The summed E-state index contributed by atoms with van der Waals surface area (Å²) in [6.07, 6.45) is 1.23. The summed E-state index contributed by atoms with van der Waals surface area (Å²) in [7, 11) is -3.75. The minimum atomic E-state index is -3.75. The van der Waals surface area contributed by atoms with Crippen molar-refractivity contribution in [2.24, 2.45) is 5.73 Å². The molecule has 10 nitrogen and oxygen atoms in total. The first-order valence-electron chi connectivity index (χ1n) is 13.0. The second-order valence-corrected chi connectivity index (χ2v) is 13.2. The van der Waals surface area contributed by atoms with Gasteiger partial charge in [-0.05, 0) is 67.6 Å². The van der Waals surface area contributed by atoms with Crippen molar-refractivity contribution in [3.05, 3.63) is 81.2 Å². The zero-order valence-electron chi connectivity index (χ0n) is 22.3. The first-order chi connectivity index (χ1) is 19.0. The highest BCUT2D eigenvalue weighted by Gasteiger charge is 2.31. The van der Waals surface area contributed by atoms with Crippen molar-refractivity contribution in [1.29, 1.82) is 0 Å². The van der Waals surface area contributed by atoms with Crippen LogP contribution in [-0.2, 0) is 36.0 Å². The molecule has 40 heavy (non-hydrogen) atoms. The van der Waals surface area contributed by atoms with Crippen LogP contribution in [0.2, 0.25) is 0 Å². The Bertz CT molecular complexity index is 1580. The molecule has 5 rings (SSSR count). The average molecular weight is 582 g/mol. The molecule has 4 N–H and O–H groups in total. The number of anilines is 1. The van der Waals surface area contributed by atoms with E-state index in [0.29, 0.717) is 43.5 Å². The van der Waals surface area contributed by atoms with Gasteiger partial charge in [-0.1, -0.05) is 24.3 Å². The Morgan fingerprint density at radius 2 is 1.62 bits per heavy atom. The van der Waals surface area contributed by atoms with Crippen LogP contribution >= 0.6 is 11.3 Å². The van der Waals surface area contributed by atoms with Gasteiger partial charge in [-0.25, -0.2) is 13.2 Å². The number of urea groups is 1. The summed E-state index contributed by atoms with van der Waals surface area (Å²) in [5, 5.41) is 5.24. The molecule has 2 aromatic carbocycles. The van der Waals surface area contributed by atoms with Crippen LogP contribution in [0.25, 0.3) is 0 Å². The molecule has 0 saturated carbocycles. The minimum absolute atomic E-state index is 0.102. The molecule has 0 aliphatic carbocycles. The summed E-state index contributed by atoms with van der Waals surface area (Å²) in [6, 6.07) is 12.9. The van der Waals surface area contributed by atoms with Gasteiger partial charge >= 0.3 is 6.03 Å². The first-order valence-corrected chi connectivity index (χ1v) is 15.3. The Kier molecular flexibility index (Phi) is 7.78. The van der Waals surface area contributed by atoms with Crippen molar-refractivity contribution in [2.75, 3.05) is 18.4 Å². The predicted molar refractivity (Wildman–Crippen MR) is 153 cm³/mol. The zero-order chi connectivity index (χ0) is 28.6. The van der Waals surface area contributed by atoms with Crippen molar-refractivity contribution in [1.82, 2.24) is 14.5 Å². The number of sulfonamides is 1. The van der Waals surface area contributed by atoms with Gasteiger partial charge in [0.2, 0.25) is 10.0 Å². The number of amides is 4. The number of hydrogen-bond acceptors (Lipinski definition) is 7. The maximum Gasteiger partial charge on any atom is 0.319 e. The number of thiophene rings is 1. The summed E-state index contributed by atoms with van der Waals surface area (Å²) >= 11 is 1.29. The Morgan fingerprint density at radius 3 is 2.30 bits per heavy atom. The normalized spacial score (nSPS) is 15.8. The topological polar surface area (TPSA) is 142 Å². The number of benzene rings is 2. The number of primary amides is 1. The van der Waals surface area contributed by atoms with E-state index in [0.717, 1.165) is 28.1 Å². The van der Waals surface area contributed by atoms with E-state index in [9.17, 15) is 22.8 Å². The molecule has 0 bridgehead atoms. The number of carbonyl (C=O) groups is 3. The second-order valence-electron chi connectivity index (χ2n) is 10.2. The van der Waals surface area contributed by atoms with Crippen molar-refractivity contribution < 1.29 is 22.8 Å². The number of carbonyl (C=O) groups excluding carboxylic acids is 3. The summed E-state index contributed by atoms with van der Waals surface area (Å²) in [5.74, 6) is -1.16. The molecule has 12 heteroatoms. The summed E-state index contributed by atoms with van der Waals surface area (Å²) in [5.41, 5.74) is 8.59. The molecule has 2 aliphatic heterocycles. The maximum absolute atomic E-state index is 13.3. The molecule has 0 spiro atoms. The van der Waals surface area contributed by atoms with E-state index in [1.54, 1.807) is 0 Å². The van der Waals surface area contributed by atoms with Crippen molar-refractivity contribution in [3.8, 4) is 0 Å². The molecule has 2 aliphatic rings. The van der Waals surface area contributed by atoms with Gasteiger partial charge in [0, 0.05) is 42.7 Å². The van der Waals surface area contributed by atoms with Gasteiger partial charge in [-0.2, -0.15) is 4.31 Å². The van der Waals surface area contributed by atoms with Gasteiger partial charge in [0.15, 0.2) is 0 Å². The third-order valence-electron chi connectivity index (χ3n) is 7.36. The lowest BCUT2D eigenvalue weighted by molar-refractivity contribution is 0.0965. The highest BCUT2D eigenvalue weighted by atomic mass is 32.2. The van der Waals surface area contributed by atoms with Crippen LogP contribution in [0, 0.1) is 0 Å². The van der Waals surface area contributed by atoms with E-state index in [1.807, 2.05) is 24.3 Å². The summed E-state index contributed by atoms with van der Waals surface area (Å²) < 4.78 is 28.1. The Hall–Kier alpha value is -3.58. The van der Waals surface area contributed by atoms with E-state index >= 15 is 0 Å². The van der Waals surface area contributed by atoms with Crippen molar-refractivity contribution >= 4 is 44.2 Å². The number of nitrogens with two attached hydrogens (primary N) is 1. The van der Waals surface area contributed by atoms with Gasteiger partial charge < -0.3 is 11.1 Å². The van der Waals surface area contributed by atoms with Gasteiger partial charge in [0.1, 0.15) is 5.00 Å². The molecule has 0 saturated heterocycles. The lowest BCUT2D eigenvalue weighted by atomic mass is 10.0. The highest BCUT2D eigenvalue weighted by molar-refractivity contribution is 7.89. The molecule has 3 aromatic rings. The number of fused-ring (bicyclic) bond motifs is 2. The first kappa shape index (κ1) is 28.0. The van der Waals surface area contributed by atoms with Crippen molar-refractivity contribution in [2.45, 2.75) is 50.7 Å². The molecular formula is C28H31N5O5S2. The number of nitrogens with zero attached hydrogens (tertiary/aromatic N) is 2. The standard InChI is InChI=1S/C28H31N5O5S2/c1-17(2)32-13-12-22-23(16-32)39-27(24(22)26(35)31-28(29)36)30-25(34)19-7-9-21(10-8-19)40(37,38)33-14-11-18-5-3-4-6-20(18)15-33/h3-10,17H,11-16H2,1-2H3,(H,30,34)(H3,29,31,35,36). The smallest absolute Gasteiger partial charge is 0.319 e. The third kappa shape index (κ3) is 5.52. The molecule has 3 heterocycles. The van der Waals surface area contributed by atoms with Crippen LogP contribution in [-0.4, -0.2) is 54.6 Å². The number of hydrogen-bond donors (Lipinski definition) is 3. The minimum Gasteiger partial charge on any atom is -0.351 e. The molecule has 0 atom stereocenters. The second kappa shape index (κ2) is 11.1. The Labute approximate surface area is 237 Å². The van der Waals surface area contributed by atoms with Crippen LogP contribution in [0.3, 0.4) is 0 Å². The predicted octanol–water partition coefficient (Wildman–Crippen LogP) is 3.32. The number of nitrogens with one attached hydrogen (secondary N) is 2. The molecule has 0 fully saturated rings. The highest BCUT2D eigenvalue weighted by Crippen LogP contribution is 2.38. The third-order valence-corrected chi connectivity index (χ3v) is 10.3. The Balaban J connectivity index is 1.36. The number of imide groups is 1. The lowest BCUT2D eigenvalue weighted by Gasteiger charge is -2.30. The fraction of sp³-hybridized carbons (Fsp3) is 0.321. The average Bonchev–Trinajstić information content (AvgIpc) is 3.29. The zero-order valence-corrected chi connectivity index (χ0v) is 23.9. The Morgan fingerprint density at radius 1 is 0.925 bits per heavy atom. The van der Waals surface area contributed by atoms with Crippen LogP contribution < -0.4 is 16.4 Å². The quantitative estimate of drug-likeness (QED) is 0.408. The van der Waals surface area contributed by atoms with Crippen LogP contribution in [0.1, 0.15) is 56.1 Å². The SMILES string of the molecule is CC(C)N1CCc2c(sc(NC(=O)c3ccc(S(=O)(=O)N4CCc5ccccc5C4)cc3)c2C(=O)NC(N)=O)C1. The lowest BCUT2D eigenvalue weighted by Crippen LogP contribution is -2.38. The van der Waals surface area contributed by atoms with Crippen LogP contribution in [0.5, 0.6) is 0 Å². The van der Waals surface area contributed by atoms with E-state index in [-0.39, 0.29) is 16.0 Å². The molecule has 0 unspecified atom stereocenters. The van der Waals surface area contributed by atoms with Crippen molar-refractivity contribution in [3.63, 3.8) is 0 Å². The van der Waals surface area contributed by atoms with Crippen LogP contribution in [0.4, 0.5) is 9.80 Å². The van der Waals surface area contributed by atoms with Gasteiger partial charge in [-0.3, -0.25) is 19.8 Å². The maximum atomic E-state index is 13.3. The fourth-order valence-electron chi connectivity index (χ4n) is 5.14. The summed E-state index contributed by atoms with van der Waals surface area (Å²) in [6.45, 7) is 6.23. The van der Waals surface area contributed by atoms with Gasteiger partial charge in [-0.15, -0.1) is 11.3 Å². The van der Waals surface area contributed by atoms with E-state index < -0.39 is 27.9 Å².